The summed E-state index contributed by atoms with van der Waals surface area (Å²) in [6, 6.07) is 18.6. The topological polar surface area (TPSA) is 91.4 Å². The summed E-state index contributed by atoms with van der Waals surface area (Å²) in [5, 5.41) is 19.2. The molecule has 0 spiro atoms. The molecule has 0 unspecified atom stereocenters. The van der Waals surface area contributed by atoms with E-state index in [9.17, 15) is 4.79 Å². The van der Waals surface area contributed by atoms with E-state index in [4.69, 9.17) is 0 Å². The average Bonchev–Trinajstić information content (AvgIpc) is 3.34. The molecule has 0 atom stereocenters. The Morgan fingerprint density at radius 3 is 2.31 bits per heavy atom. The van der Waals surface area contributed by atoms with Gasteiger partial charge in [0.2, 0.25) is 0 Å². The summed E-state index contributed by atoms with van der Waals surface area (Å²) in [5.74, 6) is -0.177. The third-order valence-corrected chi connectivity index (χ3v) is 5.71. The van der Waals surface area contributed by atoms with Gasteiger partial charge in [-0.1, -0.05) is 59.9 Å². The number of nitrogens with zero attached hydrogens (tertiary/aromatic N) is 5. The molecule has 3 aromatic rings. The maximum Gasteiger partial charge on any atom is 0.272 e. The van der Waals surface area contributed by atoms with Crippen LogP contribution in [0.25, 0.3) is 0 Å². The molecule has 1 aliphatic rings. The van der Waals surface area contributed by atoms with Gasteiger partial charge in [-0.15, -0.1) is 10.2 Å². The molecule has 7 nitrogen and oxygen atoms in total. The maximum atomic E-state index is 12.2. The van der Waals surface area contributed by atoms with Crippen molar-refractivity contribution in [3.8, 4) is 0 Å². The number of carbonyl (C=O) groups is 1. The largest absolute Gasteiger partial charge is 0.312 e. The molecule has 26 heavy (non-hydrogen) atoms. The number of carbonyl (C=O) groups excluding carboxylic acids is 1. The van der Waals surface area contributed by atoms with Crippen molar-refractivity contribution in [2.75, 3.05) is 5.32 Å². The van der Waals surface area contributed by atoms with Crippen LogP contribution in [0.3, 0.4) is 0 Å². The van der Waals surface area contributed by atoms with Crippen LogP contribution in [0.15, 0.2) is 91.9 Å². The molecular formula is C17H12N6OS2. The number of anilines is 1. The second-order valence-corrected chi connectivity index (χ2v) is 7.71. The van der Waals surface area contributed by atoms with Gasteiger partial charge in [0.1, 0.15) is 5.00 Å². The smallest absolute Gasteiger partial charge is 0.272 e. The van der Waals surface area contributed by atoms with Crippen LogP contribution in [-0.2, 0) is 4.99 Å². The van der Waals surface area contributed by atoms with E-state index in [0.717, 1.165) is 5.56 Å². The molecule has 1 aromatic heterocycles. The molecule has 1 N–H and O–H groups in total. The standard InChI is InChI=1S/C17H12N6OS2/c24-15(12-7-3-1-4-8-12)19-14-11-18-16(25-14)26-17(20-22-23-21-17)13-9-5-2-6-10-13/h1-11H,(H,19,24). The van der Waals surface area contributed by atoms with E-state index in [1.54, 1.807) is 18.3 Å². The van der Waals surface area contributed by atoms with Crippen molar-refractivity contribution < 1.29 is 4.79 Å². The summed E-state index contributed by atoms with van der Waals surface area (Å²) in [7, 11) is 0. The zero-order valence-electron chi connectivity index (χ0n) is 13.3. The molecule has 0 radical (unpaired) electrons. The van der Waals surface area contributed by atoms with Gasteiger partial charge in [-0.3, -0.25) is 4.79 Å². The lowest BCUT2D eigenvalue weighted by Gasteiger charge is -2.17. The van der Waals surface area contributed by atoms with E-state index in [1.807, 2.05) is 48.5 Å². The SMILES string of the molecule is O=C(Nc1cnc(SC2(c3ccccc3)N=NN=N2)s1)c1ccccc1. The van der Waals surface area contributed by atoms with Crippen LogP contribution in [0, 0.1) is 0 Å². The van der Waals surface area contributed by atoms with Crippen LogP contribution in [0.2, 0.25) is 0 Å². The van der Waals surface area contributed by atoms with Gasteiger partial charge in [-0.2, -0.15) is 0 Å². The highest BCUT2D eigenvalue weighted by atomic mass is 32.2. The highest BCUT2D eigenvalue weighted by molar-refractivity contribution is 8.01. The molecule has 0 fully saturated rings. The molecule has 2 aromatic carbocycles. The van der Waals surface area contributed by atoms with Gasteiger partial charge in [0, 0.05) is 11.1 Å². The molecule has 0 saturated carbocycles. The Morgan fingerprint density at radius 1 is 0.962 bits per heavy atom. The fourth-order valence-electron chi connectivity index (χ4n) is 2.31. The fourth-order valence-corrected chi connectivity index (χ4v) is 4.39. The molecule has 4 rings (SSSR count). The van der Waals surface area contributed by atoms with Crippen LogP contribution in [0.1, 0.15) is 15.9 Å². The van der Waals surface area contributed by atoms with Crippen molar-refractivity contribution in [1.29, 1.82) is 0 Å². The molecular weight excluding hydrogens is 368 g/mol. The predicted molar refractivity (Wildman–Crippen MR) is 100 cm³/mol. The van der Waals surface area contributed by atoms with Gasteiger partial charge in [0.25, 0.3) is 10.9 Å². The van der Waals surface area contributed by atoms with E-state index in [2.05, 4.69) is 31.0 Å². The van der Waals surface area contributed by atoms with Crippen LogP contribution in [0.4, 0.5) is 5.00 Å². The Kier molecular flexibility index (Phi) is 4.55. The number of hydrogen-bond donors (Lipinski definition) is 1. The van der Waals surface area contributed by atoms with Crippen LogP contribution in [0.5, 0.6) is 0 Å². The van der Waals surface area contributed by atoms with E-state index in [0.29, 0.717) is 14.9 Å². The molecule has 0 aliphatic carbocycles. The highest BCUT2D eigenvalue weighted by Gasteiger charge is 2.38. The quantitative estimate of drug-likeness (QED) is 0.665. The second kappa shape index (κ2) is 7.14. The first-order valence-electron chi connectivity index (χ1n) is 7.66. The molecule has 1 amide bonds. The monoisotopic (exact) mass is 380 g/mol. The van der Waals surface area contributed by atoms with Crippen molar-refractivity contribution >= 4 is 34.0 Å². The van der Waals surface area contributed by atoms with Crippen molar-refractivity contribution in [2.24, 2.45) is 20.7 Å². The molecule has 128 valence electrons. The van der Waals surface area contributed by atoms with E-state index in [-0.39, 0.29) is 5.91 Å². The Hall–Kier alpha value is -2.91. The zero-order valence-corrected chi connectivity index (χ0v) is 14.9. The van der Waals surface area contributed by atoms with Crippen LogP contribution < -0.4 is 5.32 Å². The highest BCUT2D eigenvalue weighted by Crippen LogP contribution is 2.48. The lowest BCUT2D eigenvalue weighted by atomic mass is 10.2. The number of thioether (sulfide) groups is 1. The van der Waals surface area contributed by atoms with Gasteiger partial charge in [0.05, 0.1) is 6.20 Å². The van der Waals surface area contributed by atoms with Crippen LogP contribution in [-0.4, -0.2) is 10.9 Å². The Labute approximate surface area is 157 Å². The number of rotatable bonds is 5. The minimum absolute atomic E-state index is 0.177. The normalized spacial score (nSPS) is 14.5. The number of amides is 1. The maximum absolute atomic E-state index is 12.2. The van der Waals surface area contributed by atoms with Crippen molar-refractivity contribution in [1.82, 2.24) is 4.98 Å². The van der Waals surface area contributed by atoms with Crippen molar-refractivity contribution in [3.05, 3.63) is 78.0 Å². The number of hydrogen-bond acceptors (Lipinski definition) is 8. The summed E-state index contributed by atoms with van der Waals surface area (Å²) in [6.45, 7) is 0. The third-order valence-electron chi connectivity index (χ3n) is 3.54. The summed E-state index contributed by atoms with van der Waals surface area (Å²) in [4.78, 5) is 15.6. The number of thiazole rings is 1. The minimum Gasteiger partial charge on any atom is -0.312 e. The fraction of sp³-hybridized carbons (Fsp3) is 0.0588. The van der Waals surface area contributed by atoms with Crippen LogP contribution >= 0.6 is 23.1 Å². The van der Waals surface area contributed by atoms with E-state index < -0.39 is 4.99 Å². The Balaban J connectivity index is 1.52. The second-order valence-electron chi connectivity index (χ2n) is 5.27. The Bertz CT molecular complexity index is 959. The van der Waals surface area contributed by atoms with E-state index in [1.165, 1.54) is 23.1 Å². The van der Waals surface area contributed by atoms with Gasteiger partial charge in [0.15, 0.2) is 4.34 Å². The predicted octanol–water partition coefficient (Wildman–Crippen LogP) is 5.13. The summed E-state index contributed by atoms with van der Waals surface area (Å²) < 4.78 is 0.706. The van der Waals surface area contributed by atoms with Gasteiger partial charge in [-0.25, -0.2) is 4.98 Å². The first-order valence-corrected chi connectivity index (χ1v) is 9.29. The molecule has 9 heteroatoms. The van der Waals surface area contributed by atoms with Gasteiger partial charge < -0.3 is 5.32 Å². The Morgan fingerprint density at radius 2 is 1.62 bits per heavy atom. The third kappa shape index (κ3) is 3.39. The lowest BCUT2D eigenvalue weighted by molar-refractivity contribution is 0.102. The lowest BCUT2D eigenvalue weighted by Crippen LogP contribution is -2.13. The summed E-state index contributed by atoms with van der Waals surface area (Å²) in [5.41, 5.74) is 1.45. The molecule has 0 saturated heterocycles. The van der Waals surface area contributed by atoms with Crippen molar-refractivity contribution in [2.45, 2.75) is 9.33 Å². The number of aromatic nitrogens is 1. The summed E-state index contributed by atoms with van der Waals surface area (Å²) >= 11 is 2.68. The minimum atomic E-state index is -0.972. The molecule has 2 heterocycles. The molecule has 0 bridgehead atoms. The zero-order chi connectivity index (χ0) is 17.8. The van der Waals surface area contributed by atoms with Gasteiger partial charge in [-0.05, 0) is 34.3 Å². The van der Waals surface area contributed by atoms with Gasteiger partial charge >= 0.3 is 0 Å². The first-order chi connectivity index (χ1) is 12.8. The number of benzene rings is 2. The first kappa shape index (κ1) is 16.6. The molecule has 1 aliphatic heterocycles. The van der Waals surface area contributed by atoms with Crippen molar-refractivity contribution in [3.63, 3.8) is 0 Å². The number of nitrogens with one attached hydrogen (secondary N) is 1. The summed E-state index contributed by atoms with van der Waals surface area (Å²) in [6.07, 6.45) is 1.62. The van der Waals surface area contributed by atoms with E-state index >= 15 is 0 Å². The average molecular weight is 380 g/mol.